The van der Waals surface area contributed by atoms with Gasteiger partial charge in [0.25, 0.3) is 0 Å². The molecule has 0 atom stereocenters. The maximum atomic E-state index is 13.1. The first-order valence-corrected chi connectivity index (χ1v) is 9.62. The zero-order valence-electron chi connectivity index (χ0n) is 18.5. The highest BCUT2D eigenvalue weighted by Crippen LogP contribution is 2.30. The average molecular weight is 365 g/mol. The van der Waals surface area contributed by atoms with E-state index in [4.69, 9.17) is 0 Å². The van der Waals surface area contributed by atoms with Gasteiger partial charge in [-0.25, -0.2) is 0 Å². The van der Waals surface area contributed by atoms with E-state index < -0.39 is 0 Å². The van der Waals surface area contributed by atoms with Gasteiger partial charge in [-0.15, -0.1) is 0 Å². The molecule has 2 rings (SSSR count). The van der Waals surface area contributed by atoms with E-state index in [-0.39, 0.29) is 18.0 Å². The molecule has 144 valence electrons. The molecule has 0 N–H and O–H groups in total. The van der Waals surface area contributed by atoms with Gasteiger partial charge in [-0.2, -0.15) is 0 Å². The van der Waals surface area contributed by atoms with Crippen molar-refractivity contribution in [3.63, 3.8) is 0 Å². The lowest BCUT2D eigenvalue weighted by Gasteiger charge is -2.19. The van der Waals surface area contributed by atoms with Gasteiger partial charge in [0.05, 0.1) is 6.42 Å². The summed E-state index contributed by atoms with van der Waals surface area (Å²) in [6.07, 6.45) is -0.0761. The molecule has 0 amide bonds. The number of carbonyl (C=O) groups excluding carboxylic acids is 2. The number of hydrogen-bond donors (Lipinski definition) is 0. The lowest BCUT2D eigenvalue weighted by atomic mass is 9.84. The van der Waals surface area contributed by atoms with Gasteiger partial charge in [-0.05, 0) is 125 Å². The van der Waals surface area contributed by atoms with E-state index in [1.165, 1.54) is 11.1 Å². The number of benzene rings is 2. The molecule has 0 heterocycles. The Morgan fingerprint density at radius 3 is 0.815 bits per heavy atom. The molecule has 2 aromatic carbocycles. The molecule has 0 aromatic heterocycles. The van der Waals surface area contributed by atoms with E-state index in [9.17, 15) is 9.59 Å². The van der Waals surface area contributed by atoms with Gasteiger partial charge in [0.2, 0.25) is 0 Å². The van der Waals surface area contributed by atoms with Crippen LogP contribution < -0.4 is 0 Å². The van der Waals surface area contributed by atoms with Crippen LogP contribution in [-0.2, 0) is 0 Å². The molecule has 0 saturated heterocycles. The van der Waals surface area contributed by atoms with Crippen LogP contribution in [0.5, 0.6) is 0 Å². The van der Waals surface area contributed by atoms with Crippen LogP contribution in [0.3, 0.4) is 0 Å². The maximum absolute atomic E-state index is 13.1. The number of ketones is 2. The Bertz CT molecular complexity index is 837. The van der Waals surface area contributed by atoms with Gasteiger partial charge in [-0.1, -0.05) is 0 Å². The summed E-state index contributed by atoms with van der Waals surface area (Å²) in [6, 6.07) is 0. The molecular formula is C25H32O2. The predicted octanol–water partition coefficient (Wildman–Crippen LogP) is 6.23. The summed E-state index contributed by atoms with van der Waals surface area (Å²) in [7, 11) is 0. The monoisotopic (exact) mass is 364 g/mol. The minimum atomic E-state index is -0.0761. The fraction of sp³-hybridized carbons (Fsp3) is 0.440. The SMILES string of the molecule is Cc1c(C)c(C)c(C(=O)CC(=O)c2c(C)c(C)c(C)c(C)c2C)c(C)c1C. The standard InChI is InChI=1S/C25H32O2/c1-12-14(3)18(7)24(19(8)15(12)4)22(26)11-23(27)25-20(9)16(5)13(2)17(6)21(25)10/h11H2,1-10H3. The topological polar surface area (TPSA) is 34.1 Å². The number of carbonyl (C=O) groups is 2. The van der Waals surface area contributed by atoms with E-state index in [2.05, 4.69) is 41.5 Å². The van der Waals surface area contributed by atoms with Crippen LogP contribution in [0.2, 0.25) is 0 Å². The lowest BCUT2D eigenvalue weighted by molar-refractivity contribution is 0.0893. The summed E-state index contributed by atoms with van der Waals surface area (Å²) in [5.74, 6) is -0.147. The third-order valence-electron chi connectivity index (χ3n) is 6.88. The quantitative estimate of drug-likeness (QED) is 0.476. The molecule has 0 aliphatic carbocycles. The Morgan fingerprint density at radius 2 is 0.593 bits per heavy atom. The van der Waals surface area contributed by atoms with E-state index in [0.717, 1.165) is 55.6 Å². The highest BCUT2D eigenvalue weighted by molar-refractivity contribution is 6.15. The van der Waals surface area contributed by atoms with Crippen LogP contribution in [0.25, 0.3) is 0 Å². The molecule has 0 spiro atoms. The summed E-state index contributed by atoms with van der Waals surface area (Å²) < 4.78 is 0. The first-order valence-electron chi connectivity index (χ1n) is 9.62. The first-order chi connectivity index (χ1) is 12.4. The Morgan fingerprint density at radius 1 is 0.407 bits per heavy atom. The Balaban J connectivity index is 2.52. The van der Waals surface area contributed by atoms with Gasteiger partial charge in [0.1, 0.15) is 0 Å². The summed E-state index contributed by atoms with van der Waals surface area (Å²) in [5.41, 5.74) is 12.5. The number of rotatable bonds is 4. The van der Waals surface area contributed by atoms with E-state index in [1.54, 1.807) is 0 Å². The summed E-state index contributed by atoms with van der Waals surface area (Å²) >= 11 is 0. The zero-order chi connectivity index (χ0) is 20.8. The third-order valence-corrected chi connectivity index (χ3v) is 6.88. The summed E-state index contributed by atoms with van der Waals surface area (Å²) in [5, 5.41) is 0. The van der Waals surface area contributed by atoms with E-state index in [1.807, 2.05) is 27.7 Å². The maximum Gasteiger partial charge on any atom is 0.171 e. The second-order valence-electron chi connectivity index (χ2n) is 8.02. The van der Waals surface area contributed by atoms with Crippen molar-refractivity contribution in [3.8, 4) is 0 Å². The van der Waals surface area contributed by atoms with E-state index >= 15 is 0 Å². The van der Waals surface area contributed by atoms with Crippen molar-refractivity contribution in [2.75, 3.05) is 0 Å². The molecule has 27 heavy (non-hydrogen) atoms. The van der Waals surface area contributed by atoms with Gasteiger partial charge in [0.15, 0.2) is 11.6 Å². The number of Topliss-reactive ketones (excluding diaryl/α,β-unsaturated/α-hetero) is 2. The Kier molecular flexibility index (Phi) is 5.79. The van der Waals surface area contributed by atoms with Crippen molar-refractivity contribution in [1.82, 2.24) is 0 Å². The molecule has 0 fully saturated rings. The van der Waals surface area contributed by atoms with Crippen LogP contribution >= 0.6 is 0 Å². The molecule has 2 nitrogen and oxygen atoms in total. The predicted molar refractivity (Wildman–Crippen MR) is 114 cm³/mol. The Labute approximate surface area is 164 Å². The van der Waals surface area contributed by atoms with Crippen molar-refractivity contribution >= 4 is 11.6 Å². The van der Waals surface area contributed by atoms with Crippen LogP contribution in [0.4, 0.5) is 0 Å². The second kappa shape index (κ2) is 7.42. The highest BCUT2D eigenvalue weighted by atomic mass is 16.1. The lowest BCUT2D eigenvalue weighted by Crippen LogP contribution is -2.16. The van der Waals surface area contributed by atoms with Crippen molar-refractivity contribution in [2.24, 2.45) is 0 Å². The molecule has 0 aliphatic rings. The minimum absolute atomic E-state index is 0.0733. The van der Waals surface area contributed by atoms with Gasteiger partial charge < -0.3 is 0 Å². The zero-order valence-corrected chi connectivity index (χ0v) is 18.5. The van der Waals surface area contributed by atoms with Crippen LogP contribution in [0.1, 0.15) is 82.8 Å². The molecule has 0 aliphatic heterocycles. The summed E-state index contributed by atoms with van der Waals surface area (Å²) in [6.45, 7) is 20.3. The van der Waals surface area contributed by atoms with Crippen molar-refractivity contribution in [3.05, 3.63) is 66.8 Å². The van der Waals surface area contributed by atoms with Crippen LogP contribution in [0.15, 0.2) is 0 Å². The third kappa shape index (κ3) is 3.38. The smallest absolute Gasteiger partial charge is 0.171 e. The fourth-order valence-electron chi connectivity index (χ4n) is 4.16. The Hall–Kier alpha value is -2.22. The van der Waals surface area contributed by atoms with Crippen molar-refractivity contribution in [1.29, 1.82) is 0 Å². The minimum Gasteiger partial charge on any atom is -0.294 e. The van der Waals surface area contributed by atoms with Crippen molar-refractivity contribution in [2.45, 2.75) is 75.7 Å². The van der Waals surface area contributed by atoms with Crippen LogP contribution in [-0.4, -0.2) is 11.6 Å². The highest BCUT2D eigenvalue weighted by Gasteiger charge is 2.24. The van der Waals surface area contributed by atoms with Gasteiger partial charge >= 0.3 is 0 Å². The molecule has 2 heteroatoms. The average Bonchev–Trinajstić information content (AvgIpc) is 2.61. The second-order valence-corrected chi connectivity index (χ2v) is 8.02. The van der Waals surface area contributed by atoms with Gasteiger partial charge in [-0.3, -0.25) is 9.59 Å². The molecular weight excluding hydrogens is 332 g/mol. The fourth-order valence-corrected chi connectivity index (χ4v) is 4.16. The summed E-state index contributed by atoms with van der Waals surface area (Å²) in [4.78, 5) is 26.2. The first kappa shape index (κ1) is 21.1. The number of hydrogen-bond acceptors (Lipinski definition) is 2. The molecule has 0 bridgehead atoms. The van der Waals surface area contributed by atoms with Gasteiger partial charge in [0, 0.05) is 11.1 Å². The molecule has 0 radical (unpaired) electrons. The van der Waals surface area contributed by atoms with E-state index in [0.29, 0.717) is 0 Å². The van der Waals surface area contributed by atoms with Crippen LogP contribution in [0, 0.1) is 69.2 Å². The normalized spacial score (nSPS) is 11.0. The van der Waals surface area contributed by atoms with Crippen molar-refractivity contribution < 1.29 is 9.59 Å². The molecule has 0 unspecified atom stereocenters. The molecule has 0 saturated carbocycles. The molecule has 2 aromatic rings. The largest absolute Gasteiger partial charge is 0.294 e.